The number of anilines is 2. The number of rotatable bonds is 7. The van der Waals surface area contributed by atoms with E-state index >= 15 is 8.78 Å². The lowest BCUT2D eigenvalue weighted by Crippen LogP contribution is -2.48. The minimum absolute atomic E-state index is 0.0228. The van der Waals surface area contributed by atoms with E-state index in [4.69, 9.17) is 4.74 Å². The van der Waals surface area contributed by atoms with Crippen LogP contribution >= 0.6 is 0 Å². The number of halogens is 2. The van der Waals surface area contributed by atoms with Gasteiger partial charge in [0.2, 0.25) is 12.1 Å². The largest absolute Gasteiger partial charge is 0.464 e. The van der Waals surface area contributed by atoms with Gasteiger partial charge >= 0.3 is 0 Å². The van der Waals surface area contributed by atoms with Gasteiger partial charge in [-0.15, -0.1) is 0 Å². The maximum Gasteiger partial charge on any atom is 0.238 e. The maximum absolute atomic E-state index is 15.3. The topological polar surface area (TPSA) is 88.6 Å². The molecule has 0 bridgehead atoms. The fraction of sp³-hybridized carbons (Fsp3) is 0.414. The van der Waals surface area contributed by atoms with Gasteiger partial charge in [-0.3, -0.25) is 4.79 Å². The van der Waals surface area contributed by atoms with Crippen LogP contribution in [0.3, 0.4) is 0 Å². The predicted molar refractivity (Wildman–Crippen MR) is 154 cm³/mol. The summed E-state index contributed by atoms with van der Waals surface area (Å²) in [5.41, 5.74) is 2.45. The summed E-state index contributed by atoms with van der Waals surface area (Å²) >= 11 is 0. The fourth-order valence-electron chi connectivity index (χ4n) is 5.11. The zero-order chi connectivity index (χ0) is 28.4. The van der Waals surface area contributed by atoms with E-state index in [-0.39, 0.29) is 23.3 Å². The number of H-pyrrole nitrogens is 1. The number of nitrogens with one attached hydrogen (secondary N) is 2. The van der Waals surface area contributed by atoms with E-state index in [1.165, 1.54) is 23.4 Å². The maximum atomic E-state index is 15.3. The minimum Gasteiger partial charge on any atom is -0.464 e. The van der Waals surface area contributed by atoms with E-state index < -0.39 is 18.0 Å². The Balaban J connectivity index is 1.38. The average molecular weight is 552 g/mol. The van der Waals surface area contributed by atoms with Crippen molar-refractivity contribution in [1.29, 1.82) is 0 Å². The van der Waals surface area contributed by atoms with E-state index in [1.807, 2.05) is 18.7 Å². The minimum atomic E-state index is -1.08. The molecule has 2 aliphatic heterocycles. The number of piperazine rings is 1. The van der Waals surface area contributed by atoms with Crippen LogP contribution in [0.4, 0.5) is 20.2 Å². The first kappa shape index (κ1) is 27.6. The second-order valence-corrected chi connectivity index (χ2v) is 10.1. The summed E-state index contributed by atoms with van der Waals surface area (Å²) < 4.78 is 36.6. The molecule has 1 saturated heterocycles. The molecule has 3 aromatic rings. The first-order valence-corrected chi connectivity index (χ1v) is 13.6. The van der Waals surface area contributed by atoms with Gasteiger partial charge in [0.05, 0.1) is 5.69 Å². The molecule has 1 aromatic heterocycles. The van der Waals surface area contributed by atoms with Crippen LogP contribution in [0.2, 0.25) is 0 Å². The van der Waals surface area contributed by atoms with Crippen molar-refractivity contribution in [2.24, 2.45) is 15.9 Å². The molecule has 0 aliphatic carbocycles. The number of amidine groups is 1. The molecule has 1 fully saturated rings. The number of aromatic nitrogens is 1. The van der Waals surface area contributed by atoms with Gasteiger partial charge in [0, 0.05) is 62.1 Å². The summed E-state index contributed by atoms with van der Waals surface area (Å²) in [5, 5.41) is 3.50. The zero-order valence-electron chi connectivity index (χ0n) is 23.2. The SMILES string of the molecule is CCN1CCN(c2ccc(NC3=NC=NC(Oc4ccc5[nH]c(C)cc5c4F)C3C(=O)N(C)CC)cc2F)CC1. The third-order valence-corrected chi connectivity index (χ3v) is 7.57. The van der Waals surface area contributed by atoms with Crippen LogP contribution in [0, 0.1) is 24.5 Å². The highest BCUT2D eigenvalue weighted by Gasteiger charge is 2.39. The third-order valence-electron chi connectivity index (χ3n) is 7.57. The van der Waals surface area contributed by atoms with Crippen LogP contribution in [-0.4, -0.2) is 85.4 Å². The summed E-state index contributed by atoms with van der Waals surface area (Å²) in [6.45, 7) is 10.5. The van der Waals surface area contributed by atoms with Gasteiger partial charge in [-0.05, 0) is 56.8 Å². The third kappa shape index (κ3) is 5.51. The molecule has 212 valence electrons. The highest BCUT2D eigenvalue weighted by molar-refractivity contribution is 6.13. The van der Waals surface area contributed by atoms with Gasteiger partial charge in [-0.1, -0.05) is 6.92 Å². The molecular weight excluding hydrogens is 516 g/mol. The number of likely N-dealkylation sites (N-methyl/N-ethyl adjacent to an activating group) is 1. The molecule has 11 heteroatoms. The summed E-state index contributed by atoms with van der Waals surface area (Å²) in [4.78, 5) is 31.1. The van der Waals surface area contributed by atoms with Crippen molar-refractivity contribution in [3.05, 3.63) is 53.7 Å². The fourth-order valence-corrected chi connectivity index (χ4v) is 5.11. The molecule has 0 radical (unpaired) electrons. The van der Waals surface area contributed by atoms with E-state index in [2.05, 4.69) is 32.1 Å². The first-order valence-electron chi connectivity index (χ1n) is 13.6. The molecule has 2 aromatic carbocycles. The molecule has 2 N–H and O–H groups in total. The first-order chi connectivity index (χ1) is 19.3. The van der Waals surface area contributed by atoms with Crippen LogP contribution in [-0.2, 0) is 4.79 Å². The highest BCUT2D eigenvalue weighted by atomic mass is 19.1. The number of nitrogens with zero attached hydrogens (tertiary/aromatic N) is 5. The number of carbonyl (C=O) groups excluding carboxylic acids is 1. The number of carbonyl (C=O) groups is 1. The number of hydrogen-bond donors (Lipinski definition) is 2. The van der Waals surface area contributed by atoms with Gasteiger partial charge in [-0.25, -0.2) is 18.8 Å². The summed E-state index contributed by atoms with van der Waals surface area (Å²) in [6.07, 6.45) is 0.199. The van der Waals surface area contributed by atoms with Crippen molar-refractivity contribution in [3.8, 4) is 5.75 Å². The van der Waals surface area contributed by atoms with Crippen LogP contribution in [0.5, 0.6) is 5.75 Å². The van der Waals surface area contributed by atoms with Gasteiger partial charge < -0.3 is 29.7 Å². The lowest BCUT2D eigenvalue weighted by molar-refractivity contribution is -0.134. The van der Waals surface area contributed by atoms with Gasteiger partial charge in [-0.2, -0.15) is 0 Å². The molecule has 40 heavy (non-hydrogen) atoms. The molecule has 2 atom stereocenters. The van der Waals surface area contributed by atoms with E-state index in [1.54, 1.807) is 31.3 Å². The Morgan fingerprint density at radius 3 is 2.62 bits per heavy atom. The smallest absolute Gasteiger partial charge is 0.238 e. The number of benzene rings is 2. The molecule has 0 spiro atoms. The standard InChI is InChI=1S/C29H35F2N7O2/c1-5-36(4)29(39)25-27(35-19-7-9-23(21(30)16-19)38-13-11-37(6-2)12-14-38)32-17-33-28(25)40-24-10-8-22-20(26(24)31)15-18(3)34-22/h7-10,15-17,25,28,34H,5-6,11-14H2,1-4H3,(H,32,33,35). The molecule has 0 saturated carbocycles. The normalized spacial score (nSPS) is 19.6. The van der Waals surface area contributed by atoms with Crippen LogP contribution in [0.1, 0.15) is 19.5 Å². The van der Waals surface area contributed by atoms with Crippen LogP contribution in [0.25, 0.3) is 10.9 Å². The molecule has 1 amide bonds. The van der Waals surface area contributed by atoms with Gasteiger partial charge in [0.25, 0.3) is 0 Å². The van der Waals surface area contributed by atoms with Crippen molar-refractivity contribution in [1.82, 2.24) is 14.8 Å². The predicted octanol–water partition coefficient (Wildman–Crippen LogP) is 4.25. The highest BCUT2D eigenvalue weighted by Crippen LogP contribution is 2.31. The zero-order valence-corrected chi connectivity index (χ0v) is 23.2. The van der Waals surface area contributed by atoms with E-state index in [9.17, 15) is 4.79 Å². The number of amides is 1. The second-order valence-electron chi connectivity index (χ2n) is 10.1. The van der Waals surface area contributed by atoms with E-state index in [0.29, 0.717) is 28.8 Å². The molecule has 5 rings (SSSR count). The second kappa shape index (κ2) is 11.6. The Labute approximate surface area is 232 Å². The Morgan fingerprint density at radius 2 is 1.93 bits per heavy atom. The number of hydrogen-bond acceptors (Lipinski definition) is 7. The summed E-state index contributed by atoms with van der Waals surface area (Å²) in [7, 11) is 1.66. The number of ether oxygens (including phenoxy) is 1. The average Bonchev–Trinajstić information content (AvgIpc) is 3.35. The number of aliphatic imine (C=N–C) groups is 2. The molecular formula is C29H35F2N7O2. The molecule has 2 unspecified atom stereocenters. The van der Waals surface area contributed by atoms with Crippen molar-refractivity contribution >= 4 is 40.4 Å². The summed E-state index contributed by atoms with van der Waals surface area (Å²) in [5.74, 6) is -1.98. The van der Waals surface area contributed by atoms with Crippen molar-refractivity contribution in [2.45, 2.75) is 27.0 Å². The number of fused-ring (bicyclic) bond motifs is 1. The molecule has 2 aliphatic rings. The van der Waals surface area contributed by atoms with Gasteiger partial charge in [0.15, 0.2) is 17.5 Å². The Hall–Kier alpha value is -3.99. The lowest BCUT2D eigenvalue weighted by atomic mass is 10.0. The quantitative estimate of drug-likeness (QED) is 0.459. The Morgan fingerprint density at radius 1 is 1.15 bits per heavy atom. The lowest BCUT2D eigenvalue weighted by Gasteiger charge is -2.35. The van der Waals surface area contributed by atoms with Crippen LogP contribution in [0.15, 0.2) is 46.4 Å². The summed E-state index contributed by atoms with van der Waals surface area (Å²) in [6, 6.07) is 9.85. The Kier molecular flexibility index (Phi) is 8.02. The Bertz CT molecular complexity index is 1450. The van der Waals surface area contributed by atoms with Gasteiger partial charge in [0.1, 0.15) is 18.0 Å². The molecule has 9 nitrogen and oxygen atoms in total. The van der Waals surface area contributed by atoms with Crippen LogP contribution < -0.4 is 15.0 Å². The number of aryl methyl sites for hydroxylation is 1. The monoisotopic (exact) mass is 551 g/mol. The number of aromatic amines is 1. The van der Waals surface area contributed by atoms with Crippen molar-refractivity contribution in [3.63, 3.8) is 0 Å². The molecule has 3 heterocycles. The van der Waals surface area contributed by atoms with Crippen molar-refractivity contribution < 1.29 is 18.3 Å². The van der Waals surface area contributed by atoms with E-state index in [0.717, 1.165) is 38.4 Å². The van der Waals surface area contributed by atoms with Crippen molar-refractivity contribution in [2.75, 3.05) is 56.5 Å².